The molecule has 1 N–H and O–H groups in total. The Morgan fingerprint density at radius 1 is 1.27 bits per heavy atom. The summed E-state index contributed by atoms with van der Waals surface area (Å²) in [6, 6.07) is 0.249. The van der Waals surface area contributed by atoms with Gasteiger partial charge in [-0.15, -0.1) is 0 Å². The van der Waals surface area contributed by atoms with Crippen molar-refractivity contribution in [3.8, 4) is 0 Å². The van der Waals surface area contributed by atoms with Gasteiger partial charge in [-0.25, -0.2) is 4.79 Å². The topological polar surface area (TPSA) is 54.0 Å². The van der Waals surface area contributed by atoms with Crippen LogP contribution >= 0.6 is 0 Å². The van der Waals surface area contributed by atoms with Crippen LogP contribution in [0.25, 0.3) is 0 Å². The number of rotatable bonds is 5. The SMILES string of the molecule is CN(C(=O)OC(C)(C)C)[C@H]1C[C@H](OCCN2CCNCC2)C1. The van der Waals surface area contributed by atoms with Gasteiger partial charge in [-0.05, 0) is 33.6 Å². The normalized spacial score (nSPS) is 26.4. The molecule has 0 aromatic rings. The van der Waals surface area contributed by atoms with E-state index >= 15 is 0 Å². The quantitative estimate of drug-likeness (QED) is 0.829. The largest absolute Gasteiger partial charge is 0.444 e. The van der Waals surface area contributed by atoms with Gasteiger partial charge in [-0.3, -0.25) is 4.90 Å². The first-order chi connectivity index (χ1) is 10.3. The van der Waals surface area contributed by atoms with E-state index < -0.39 is 5.60 Å². The van der Waals surface area contributed by atoms with Crippen molar-refractivity contribution in [3.63, 3.8) is 0 Å². The first-order valence-electron chi connectivity index (χ1n) is 8.35. The van der Waals surface area contributed by atoms with E-state index in [0.717, 1.165) is 52.2 Å². The van der Waals surface area contributed by atoms with Gasteiger partial charge in [0, 0.05) is 45.8 Å². The van der Waals surface area contributed by atoms with E-state index in [4.69, 9.17) is 9.47 Å². The van der Waals surface area contributed by atoms with Crippen LogP contribution in [0.5, 0.6) is 0 Å². The lowest BCUT2D eigenvalue weighted by molar-refractivity contribution is -0.0555. The maximum Gasteiger partial charge on any atom is 0.410 e. The number of nitrogens with zero attached hydrogens (tertiary/aromatic N) is 2. The molecule has 0 aromatic carbocycles. The van der Waals surface area contributed by atoms with Crippen molar-refractivity contribution in [2.45, 2.75) is 51.4 Å². The van der Waals surface area contributed by atoms with Gasteiger partial charge in [0.2, 0.25) is 0 Å². The smallest absolute Gasteiger partial charge is 0.410 e. The summed E-state index contributed by atoms with van der Waals surface area (Å²) < 4.78 is 11.3. The lowest BCUT2D eigenvalue weighted by Crippen LogP contribution is -2.50. The first-order valence-corrected chi connectivity index (χ1v) is 8.35. The zero-order valence-corrected chi connectivity index (χ0v) is 14.4. The average molecular weight is 313 g/mol. The number of carbonyl (C=O) groups excluding carboxylic acids is 1. The Kier molecular flexibility index (Phi) is 6.06. The molecule has 22 heavy (non-hydrogen) atoms. The predicted octanol–water partition coefficient (Wildman–Crippen LogP) is 1.31. The van der Waals surface area contributed by atoms with E-state index in [1.165, 1.54) is 0 Å². The van der Waals surface area contributed by atoms with Crippen molar-refractivity contribution < 1.29 is 14.3 Å². The molecule has 1 heterocycles. The van der Waals surface area contributed by atoms with Gasteiger partial charge in [0.1, 0.15) is 5.60 Å². The molecule has 0 radical (unpaired) electrons. The van der Waals surface area contributed by atoms with Gasteiger partial charge in [-0.1, -0.05) is 0 Å². The van der Waals surface area contributed by atoms with Gasteiger partial charge < -0.3 is 19.7 Å². The molecular formula is C16H31N3O3. The van der Waals surface area contributed by atoms with E-state index in [9.17, 15) is 4.79 Å². The number of nitrogens with one attached hydrogen (secondary N) is 1. The second kappa shape index (κ2) is 7.62. The summed E-state index contributed by atoms with van der Waals surface area (Å²) in [5.74, 6) is 0. The third-order valence-electron chi connectivity index (χ3n) is 4.27. The summed E-state index contributed by atoms with van der Waals surface area (Å²) in [6.07, 6.45) is 1.88. The Morgan fingerprint density at radius 3 is 2.50 bits per heavy atom. The van der Waals surface area contributed by atoms with Crippen LogP contribution in [-0.2, 0) is 9.47 Å². The first kappa shape index (κ1) is 17.5. The van der Waals surface area contributed by atoms with Crippen molar-refractivity contribution >= 4 is 6.09 Å². The summed E-state index contributed by atoms with van der Waals surface area (Å²) in [7, 11) is 1.82. The van der Waals surface area contributed by atoms with Gasteiger partial charge in [-0.2, -0.15) is 0 Å². The second-order valence-electron chi connectivity index (χ2n) is 7.30. The molecule has 6 nitrogen and oxygen atoms in total. The minimum atomic E-state index is -0.436. The van der Waals surface area contributed by atoms with E-state index in [-0.39, 0.29) is 18.2 Å². The Labute approximate surface area is 134 Å². The van der Waals surface area contributed by atoms with Gasteiger partial charge >= 0.3 is 6.09 Å². The molecular weight excluding hydrogens is 282 g/mol. The fraction of sp³-hybridized carbons (Fsp3) is 0.938. The highest BCUT2D eigenvalue weighted by Gasteiger charge is 2.36. The van der Waals surface area contributed by atoms with Crippen molar-refractivity contribution in [2.75, 3.05) is 46.4 Å². The van der Waals surface area contributed by atoms with Gasteiger partial charge in [0.05, 0.1) is 12.7 Å². The van der Waals surface area contributed by atoms with Gasteiger partial charge in [0.15, 0.2) is 0 Å². The Bertz CT molecular complexity index is 358. The maximum atomic E-state index is 12.0. The molecule has 0 atom stereocenters. The van der Waals surface area contributed by atoms with Crippen LogP contribution < -0.4 is 5.32 Å². The van der Waals surface area contributed by atoms with E-state index in [0.29, 0.717) is 0 Å². The molecule has 0 unspecified atom stereocenters. The molecule has 1 saturated carbocycles. The summed E-state index contributed by atoms with van der Waals surface area (Å²) in [4.78, 5) is 16.1. The zero-order valence-electron chi connectivity index (χ0n) is 14.4. The maximum absolute atomic E-state index is 12.0. The number of hydrogen-bond donors (Lipinski definition) is 1. The molecule has 1 saturated heterocycles. The zero-order chi connectivity index (χ0) is 16.2. The molecule has 0 bridgehead atoms. The van der Waals surface area contributed by atoms with E-state index in [2.05, 4.69) is 10.2 Å². The molecule has 0 aromatic heterocycles. The lowest BCUT2D eigenvalue weighted by Gasteiger charge is -2.41. The van der Waals surface area contributed by atoms with Crippen molar-refractivity contribution in [3.05, 3.63) is 0 Å². The van der Waals surface area contributed by atoms with Crippen LogP contribution in [-0.4, -0.2) is 80.0 Å². The predicted molar refractivity (Wildman–Crippen MR) is 86.1 cm³/mol. The Morgan fingerprint density at radius 2 is 1.91 bits per heavy atom. The molecule has 128 valence electrons. The number of piperazine rings is 1. The fourth-order valence-electron chi connectivity index (χ4n) is 2.76. The highest BCUT2D eigenvalue weighted by atomic mass is 16.6. The number of amides is 1. The second-order valence-corrected chi connectivity index (χ2v) is 7.30. The summed E-state index contributed by atoms with van der Waals surface area (Å²) in [5.41, 5.74) is -0.436. The minimum Gasteiger partial charge on any atom is -0.444 e. The van der Waals surface area contributed by atoms with E-state index in [1.807, 2.05) is 27.8 Å². The Hall–Kier alpha value is -0.850. The molecule has 2 fully saturated rings. The highest BCUT2D eigenvalue weighted by Crippen LogP contribution is 2.28. The third-order valence-corrected chi connectivity index (χ3v) is 4.27. The minimum absolute atomic E-state index is 0.239. The molecule has 1 amide bonds. The van der Waals surface area contributed by atoms with Crippen molar-refractivity contribution in [2.24, 2.45) is 0 Å². The summed E-state index contributed by atoms with van der Waals surface area (Å²) in [6.45, 7) is 11.8. The number of hydrogen-bond acceptors (Lipinski definition) is 5. The summed E-state index contributed by atoms with van der Waals surface area (Å²) >= 11 is 0. The molecule has 1 aliphatic heterocycles. The van der Waals surface area contributed by atoms with Crippen LogP contribution in [0.15, 0.2) is 0 Å². The van der Waals surface area contributed by atoms with Crippen LogP contribution in [0.1, 0.15) is 33.6 Å². The van der Waals surface area contributed by atoms with Crippen molar-refractivity contribution in [1.29, 1.82) is 0 Å². The van der Waals surface area contributed by atoms with Crippen LogP contribution in [0.3, 0.4) is 0 Å². The average Bonchev–Trinajstić information content (AvgIpc) is 2.40. The molecule has 2 aliphatic rings. The monoisotopic (exact) mass is 313 g/mol. The van der Waals surface area contributed by atoms with Gasteiger partial charge in [0.25, 0.3) is 0 Å². The fourth-order valence-corrected chi connectivity index (χ4v) is 2.76. The van der Waals surface area contributed by atoms with Crippen molar-refractivity contribution in [1.82, 2.24) is 15.1 Å². The third kappa shape index (κ3) is 5.41. The standard InChI is InChI=1S/C16H31N3O3/c1-16(2,3)22-15(20)18(4)13-11-14(12-13)21-10-9-19-7-5-17-6-8-19/h13-14,17H,5-12H2,1-4H3/t13-,14-. The van der Waals surface area contributed by atoms with Crippen LogP contribution in [0, 0.1) is 0 Å². The molecule has 6 heteroatoms. The lowest BCUT2D eigenvalue weighted by atomic mass is 9.88. The molecule has 1 aliphatic carbocycles. The molecule has 2 rings (SSSR count). The number of carbonyl (C=O) groups is 1. The number of ether oxygens (including phenoxy) is 2. The van der Waals surface area contributed by atoms with E-state index in [1.54, 1.807) is 4.90 Å². The Balaban J connectivity index is 1.57. The van der Waals surface area contributed by atoms with Crippen LogP contribution in [0.2, 0.25) is 0 Å². The van der Waals surface area contributed by atoms with Crippen LogP contribution in [0.4, 0.5) is 4.79 Å². The molecule has 0 spiro atoms. The highest BCUT2D eigenvalue weighted by molar-refractivity contribution is 5.68. The summed E-state index contributed by atoms with van der Waals surface area (Å²) in [5, 5.41) is 3.35.